The Bertz CT molecular complexity index is 678. The lowest BCUT2D eigenvalue weighted by Crippen LogP contribution is -2.16. The summed E-state index contributed by atoms with van der Waals surface area (Å²) in [4.78, 5) is 14.2. The fourth-order valence-electron chi connectivity index (χ4n) is 2.43. The van der Waals surface area contributed by atoms with E-state index >= 15 is 0 Å². The van der Waals surface area contributed by atoms with E-state index in [4.69, 9.17) is 16.3 Å². The molecule has 3 nitrogen and oxygen atoms in total. The minimum Gasteiger partial charge on any atom is -0.491 e. The molecule has 0 fully saturated rings. The summed E-state index contributed by atoms with van der Waals surface area (Å²) >= 11 is 6.09. The molecular weight excluding hydrogens is 262 g/mol. The fourth-order valence-corrected chi connectivity index (χ4v) is 2.60. The zero-order valence-electron chi connectivity index (χ0n) is 10.6. The van der Waals surface area contributed by atoms with E-state index in [1.807, 2.05) is 18.2 Å². The third-order valence-electron chi connectivity index (χ3n) is 3.34. The Hall–Kier alpha value is -1.74. The number of H-pyrrole nitrogens is 1. The topological polar surface area (TPSA) is 42.1 Å². The molecule has 2 heterocycles. The van der Waals surface area contributed by atoms with Crippen LogP contribution in [0.15, 0.2) is 35.3 Å². The Morgan fingerprint density at radius 2 is 2.16 bits per heavy atom. The van der Waals surface area contributed by atoms with E-state index in [1.54, 1.807) is 12.3 Å². The van der Waals surface area contributed by atoms with Crippen molar-refractivity contribution in [2.75, 3.05) is 6.61 Å². The van der Waals surface area contributed by atoms with Gasteiger partial charge < -0.3 is 9.72 Å². The number of aromatic nitrogens is 1. The SMILES string of the molecule is C[C@H]1COc2c[nH]c(=O)cc2-c2cc(Cl)ccc2C1. The van der Waals surface area contributed by atoms with E-state index in [9.17, 15) is 4.79 Å². The van der Waals surface area contributed by atoms with Crippen LogP contribution in [0.1, 0.15) is 12.5 Å². The van der Waals surface area contributed by atoms with Crippen molar-refractivity contribution in [2.45, 2.75) is 13.3 Å². The first-order valence-electron chi connectivity index (χ1n) is 6.28. The van der Waals surface area contributed by atoms with Crippen molar-refractivity contribution in [1.82, 2.24) is 4.98 Å². The molecule has 0 saturated carbocycles. The van der Waals surface area contributed by atoms with Crippen LogP contribution in [0.4, 0.5) is 0 Å². The molecule has 1 N–H and O–H groups in total. The van der Waals surface area contributed by atoms with Crippen molar-refractivity contribution >= 4 is 11.6 Å². The average Bonchev–Trinajstić information content (AvgIpc) is 2.38. The fraction of sp³-hybridized carbons (Fsp3) is 0.267. The number of pyridine rings is 1. The maximum absolute atomic E-state index is 11.6. The van der Waals surface area contributed by atoms with Gasteiger partial charge in [0, 0.05) is 22.8 Å². The van der Waals surface area contributed by atoms with E-state index in [-0.39, 0.29) is 5.56 Å². The molecule has 0 amide bonds. The van der Waals surface area contributed by atoms with Crippen LogP contribution >= 0.6 is 11.6 Å². The Kier molecular flexibility index (Phi) is 3.07. The van der Waals surface area contributed by atoms with E-state index in [2.05, 4.69) is 11.9 Å². The molecule has 2 aromatic rings. The van der Waals surface area contributed by atoms with Crippen LogP contribution in [-0.2, 0) is 6.42 Å². The van der Waals surface area contributed by atoms with Crippen LogP contribution in [0.2, 0.25) is 5.02 Å². The first-order valence-corrected chi connectivity index (χ1v) is 6.65. The Labute approximate surface area is 116 Å². The molecule has 1 aliphatic heterocycles. The number of aromatic amines is 1. The lowest BCUT2D eigenvalue weighted by Gasteiger charge is -2.22. The summed E-state index contributed by atoms with van der Waals surface area (Å²) in [7, 11) is 0. The summed E-state index contributed by atoms with van der Waals surface area (Å²) in [6.45, 7) is 2.79. The van der Waals surface area contributed by atoms with E-state index in [0.717, 1.165) is 17.5 Å². The molecule has 0 bridgehead atoms. The number of nitrogens with one attached hydrogen (secondary N) is 1. The lowest BCUT2D eigenvalue weighted by atomic mass is 9.92. The minimum absolute atomic E-state index is 0.137. The third-order valence-corrected chi connectivity index (χ3v) is 3.58. The van der Waals surface area contributed by atoms with Gasteiger partial charge in [-0.05, 0) is 35.6 Å². The van der Waals surface area contributed by atoms with Gasteiger partial charge in [0.15, 0.2) is 0 Å². The Morgan fingerprint density at radius 1 is 1.32 bits per heavy atom. The van der Waals surface area contributed by atoms with Gasteiger partial charge in [0.05, 0.1) is 6.61 Å². The molecule has 0 spiro atoms. The highest BCUT2D eigenvalue weighted by atomic mass is 35.5. The molecule has 4 heteroatoms. The Morgan fingerprint density at radius 3 is 3.00 bits per heavy atom. The highest BCUT2D eigenvalue weighted by Gasteiger charge is 2.18. The van der Waals surface area contributed by atoms with Crippen molar-refractivity contribution < 1.29 is 4.74 Å². The predicted octanol–water partition coefficient (Wildman–Crippen LogP) is 3.27. The van der Waals surface area contributed by atoms with E-state index in [1.165, 1.54) is 5.56 Å². The molecule has 0 aliphatic carbocycles. The van der Waals surface area contributed by atoms with Gasteiger partial charge in [-0.3, -0.25) is 4.79 Å². The van der Waals surface area contributed by atoms with Gasteiger partial charge >= 0.3 is 0 Å². The minimum atomic E-state index is -0.137. The molecule has 98 valence electrons. The molecule has 19 heavy (non-hydrogen) atoms. The summed E-state index contributed by atoms with van der Waals surface area (Å²) in [6.07, 6.45) is 2.54. The molecule has 0 radical (unpaired) electrons. The number of rotatable bonds is 0. The van der Waals surface area contributed by atoms with Crippen molar-refractivity contribution in [2.24, 2.45) is 5.92 Å². The number of hydrogen-bond donors (Lipinski definition) is 1. The van der Waals surface area contributed by atoms with Crippen molar-refractivity contribution in [3.05, 3.63) is 51.4 Å². The number of halogens is 1. The monoisotopic (exact) mass is 275 g/mol. The smallest absolute Gasteiger partial charge is 0.248 e. The van der Waals surface area contributed by atoms with Crippen LogP contribution in [0.25, 0.3) is 11.1 Å². The normalized spacial score (nSPS) is 17.7. The molecule has 1 atom stereocenters. The highest BCUT2D eigenvalue weighted by molar-refractivity contribution is 6.30. The highest BCUT2D eigenvalue weighted by Crippen LogP contribution is 2.35. The van der Waals surface area contributed by atoms with Crippen LogP contribution in [0.5, 0.6) is 5.75 Å². The second kappa shape index (κ2) is 4.74. The quantitative estimate of drug-likeness (QED) is 0.802. The zero-order valence-corrected chi connectivity index (χ0v) is 11.3. The van der Waals surface area contributed by atoms with Gasteiger partial charge in [0.25, 0.3) is 0 Å². The maximum Gasteiger partial charge on any atom is 0.248 e. The molecule has 1 aliphatic rings. The van der Waals surface area contributed by atoms with Gasteiger partial charge in [0.1, 0.15) is 5.75 Å². The molecule has 1 aromatic heterocycles. The van der Waals surface area contributed by atoms with Gasteiger partial charge in [-0.15, -0.1) is 0 Å². The summed E-state index contributed by atoms with van der Waals surface area (Å²) < 4.78 is 5.78. The molecule has 1 aromatic carbocycles. The molecule has 0 unspecified atom stereocenters. The molecule has 3 rings (SSSR count). The molecule has 0 saturated heterocycles. The van der Waals surface area contributed by atoms with E-state index < -0.39 is 0 Å². The zero-order chi connectivity index (χ0) is 13.4. The van der Waals surface area contributed by atoms with Gasteiger partial charge in [-0.1, -0.05) is 24.6 Å². The first kappa shape index (κ1) is 12.3. The van der Waals surface area contributed by atoms with Gasteiger partial charge in [0.2, 0.25) is 5.56 Å². The van der Waals surface area contributed by atoms with Crippen LogP contribution < -0.4 is 10.3 Å². The van der Waals surface area contributed by atoms with Crippen LogP contribution in [0, 0.1) is 5.92 Å². The largest absolute Gasteiger partial charge is 0.491 e. The maximum atomic E-state index is 11.6. The van der Waals surface area contributed by atoms with Crippen LogP contribution in [-0.4, -0.2) is 11.6 Å². The third kappa shape index (κ3) is 2.38. The van der Waals surface area contributed by atoms with Gasteiger partial charge in [-0.2, -0.15) is 0 Å². The lowest BCUT2D eigenvalue weighted by molar-refractivity contribution is 0.257. The first-order chi connectivity index (χ1) is 9.13. The predicted molar refractivity (Wildman–Crippen MR) is 75.9 cm³/mol. The van der Waals surface area contributed by atoms with Crippen molar-refractivity contribution in [1.29, 1.82) is 0 Å². The van der Waals surface area contributed by atoms with Crippen molar-refractivity contribution in [3.63, 3.8) is 0 Å². The summed E-state index contributed by atoms with van der Waals surface area (Å²) in [5.74, 6) is 1.12. The Balaban J connectivity index is 2.27. The number of benzene rings is 1. The second-order valence-corrected chi connectivity index (χ2v) is 5.43. The summed E-state index contributed by atoms with van der Waals surface area (Å²) in [6, 6.07) is 7.39. The number of hydrogen-bond acceptors (Lipinski definition) is 2. The summed E-state index contributed by atoms with van der Waals surface area (Å²) in [5.41, 5.74) is 2.86. The summed E-state index contributed by atoms with van der Waals surface area (Å²) in [5, 5.41) is 0.665. The molecular formula is C15H14ClNO2. The average molecular weight is 276 g/mol. The van der Waals surface area contributed by atoms with Crippen molar-refractivity contribution in [3.8, 4) is 16.9 Å². The standard InChI is InChI=1S/C15H14ClNO2/c1-9-4-10-2-3-11(16)5-12(10)13-6-15(18)17-7-14(13)19-8-9/h2-3,5-7,9H,4,8H2,1H3,(H,17,18)/t9-/m1/s1. The number of fused-ring (bicyclic) bond motifs is 3. The second-order valence-electron chi connectivity index (χ2n) is 5.00. The van der Waals surface area contributed by atoms with Gasteiger partial charge in [-0.25, -0.2) is 0 Å². The number of ether oxygens (including phenoxy) is 1. The van der Waals surface area contributed by atoms with E-state index in [0.29, 0.717) is 23.3 Å². The van der Waals surface area contributed by atoms with Crippen LogP contribution in [0.3, 0.4) is 0 Å².